The molecule has 0 amide bonds. The number of nitrogens with zero attached hydrogens (tertiary/aromatic N) is 4. The average Bonchev–Trinajstić information content (AvgIpc) is 3.08. The van der Waals surface area contributed by atoms with Crippen molar-refractivity contribution >= 4 is 5.96 Å². The van der Waals surface area contributed by atoms with Crippen LogP contribution in [0, 0.1) is 13.8 Å². The van der Waals surface area contributed by atoms with Crippen LogP contribution in [0.3, 0.4) is 0 Å². The molecule has 2 N–H and O–H groups in total. The minimum atomic E-state index is 0.591. The molecule has 2 rings (SSSR count). The van der Waals surface area contributed by atoms with Gasteiger partial charge in [-0.1, -0.05) is 5.16 Å². The zero-order valence-electron chi connectivity index (χ0n) is 12.8. The van der Waals surface area contributed by atoms with Crippen LogP contribution in [-0.2, 0) is 13.1 Å². The van der Waals surface area contributed by atoms with Crippen molar-refractivity contribution in [1.29, 1.82) is 0 Å². The quantitative estimate of drug-likeness (QED) is 0.475. The first-order chi connectivity index (χ1) is 10.2. The van der Waals surface area contributed by atoms with Crippen molar-refractivity contribution in [3.8, 4) is 0 Å². The average molecular weight is 290 g/mol. The second-order valence-electron chi connectivity index (χ2n) is 4.85. The summed E-state index contributed by atoms with van der Waals surface area (Å²) in [5.74, 6) is 0.756. The largest absolute Gasteiger partial charge is 0.364 e. The minimum absolute atomic E-state index is 0.591. The van der Waals surface area contributed by atoms with Crippen molar-refractivity contribution < 1.29 is 4.52 Å². The summed E-state index contributed by atoms with van der Waals surface area (Å²) in [6.45, 7) is 6.40. The van der Waals surface area contributed by atoms with E-state index in [9.17, 15) is 0 Å². The van der Waals surface area contributed by atoms with E-state index in [1.165, 1.54) is 5.69 Å². The molecule has 0 saturated carbocycles. The van der Waals surface area contributed by atoms with Gasteiger partial charge in [-0.05, 0) is 26.3 Å². The Morgan fingerprint density at radius 2 is 2.24 bits per heavy atom. The molecule has 0 bridgehead atoms. The Labute approximate surface area is 124 Å². The standard InChI is InChI=1S/C14H22N6O/c1-11-9-12(2)20(18-11)7-4-6-16-14(15-3)17-10-13-5-8-21-19-13/h5,8-9H,4,6-7,10H2,1-3H3,(H2,15,16,17). The van der Waals surface area contributed by atoms with Gasteiger partial charge in [0, 0.05) is 31.9 Å². The predicted octanol–water partition coefficient (Wildman–Crippen LogP) is 1.24. The normalized spacial score (nSPS) is 11.7. The van der Waals surface area contributed by atoms with Crippen LogP contribution in [0.15, 0.2) is 27.9 Å². The maximum atomic E-state index is 4.78. The molecule has 0 aliphatic rings. The number of aliphatic imine (C=N–C) groups is 1. The summed E-state index contributed by atoms with van der Waals surface area (Å²) < 4.78 is 6.81. The molecule has 0 aromatic carbocycles. The molecule has 0 atom stereocenters. The molecule has 2 aromatic heterocycles. The number of nitrogens with one attached hydrogen (secondary N) is 2. The first kappa shape index (κ1) is 15.1. The highest BCUT2D eigenvalue weighted by molar-refractivity contribution is 5.79. The van der Waals surface area contributed by atoms with Crippen LogP contribution >= 0.6 is 0 Å². The Balaban J connectivity index is 1.68. The Morgan fingerprint density at radius 1 is 1.38 bits per heavy atom. The van der Waals surface area contributed by atoms with Gasteiger partial charge in [-0.15, -0.1) is 0 Å². The van der Waals surface area contributed by atoms with Crippen LogP contribution in [0.5, 0.6) is 0 Å². The summed E-state index contributed by atoms with van der Waals surface area (Å²) in [6.07, 6.45) is 2.54. The maximum Gasteiger partial charge on any atom is 0.191 e. The van der Waals surface area contributed by atoms with Crippen molar-refractivity contribution in [1.82, 2.24) is 25.6 Å². The first-order valence-electron chi connectivity index (χ1n) is 7.04. The van der Waals surface area contributed by atoms with E-state index in [0.29, 0.717) is 6.54 Å². The van der Waals surface area contributed by atoms with E-state index >= 15 is 0 Å². The fourth-order valence-corrected chi connectivity index (χ4v) is 2.06. The molecular weight excluding hydrogens is 268 g/mol. The molecule has 2 heterocycles. The molecule has 114 valence electrons. The topological polar surface area (TPSA) is 80.3 Å². The number of aryl methyl sites for hydroxylation is 3. The van der Waals surface area contributed by atoms with Gasteiger partial charge in [0.2, 0.25) is 0 Å². The lowest BCUT2D eigenvalue weighted by Gasteiger charge is -2.11. The van der Waals surface area contributed by atoms with Gasteiger partial charge in [0.1, 0.15) is 12.0 Å². The highest BCUT2D eigenvalue weighted by Gasteiger charge is 2.02. The molecule has 7 heteroatoms. The van der Waals surface area contributed by atoms with E-state index < -0.39 is 0 Å². The Bertz CT molecular complexity index is 572. The lowest BCUT2D eigenvalue weighted by atomic mass is 10.4. The van der Waals surface area contributed by atoms with Gasteiger partial charge in [0.15, 0.2) is 5.96 Å². The van der Waals surface area contributed by atoms with E-state index in [2.05, 4.69) is 38.9 Å². The molecule has 0 fully saturated rings. The second kappa shape index (κ2) is 7.47. The zero-order valence-corrected chi connectivity index (χ0v) is 12.8. The Kier molecular flexibility index (Phi) is 5.36. The predicted molar refractivity (Wildman–Crippen MR) is 81.0 cm³/mol. The number of guanidine groups is 1. The van der Waals surface area contributed by atoms with Crippen molar-refractivity contribution in [3.05, 3.63) is 35.5 Å². The minimum Gasteiger partial charge on any atom is -0.364 e. The molecule has 0 aliphatic heterocycles. The number of aromatic nitrogens is 3. The van der Waals surface area contributed by atoms with Crippen LogP contribution < -0.4 is 10.6 Å². The number of hydrogen-bond acceptors (Lipinski definition) is 4. The molecule has 2 aromatic rings. The van der Waals surface area contributed by atoms with Crippen molar-refractivity contribution in [2.24, 2.45) is 4.99 Å². The molecule has 0 aliphatic carbocycles. The van der Waals surface area contributed by atoms with Gasteiger partial charge in [0.05, 0.1) is 12.2 Å². The lowest BCUT2D eigenvalue weighted by molar-refractivity contribution is 0.410. The summed E-state index contributed by atoms with van der Waals surface area (Å²) >= 11 is 0. The van der Waals surface area contributed by atoms with Gasteiger partial charge in [-0.3, -0.25) is 9.67 Å². The lowest BCUT2D eigenvalue weighted by Crippen LogP contribution is -2.37. The van der Waals surface area contributed by atoms with Gasteiger partial charge in [-0.2, -0.15) is 5.10 Å². The third-order valence-electron chi connectivity index (χ3n) is 3.09. The van der Waals surface area contributed by atoms with E-state index in [1.807, 2.05) is 17.7 Å². The van der Waals surface area contributed by atoms with E-state index in [0.717, 1.165) is 36.9 Å². The summed E-state index contributed by atoms with van der Waals surface area (Å²) in [5, 5.41) is 14.7. The van der Waals surface area contributed by atoms with E-state index in [4.69, 9.17) is 4.52 Å². The summed E-state index contributed by atoms with van der Waals surface area (Å²) in [6, 6.07) is 3.91. The molecule has 0 unspecified atom stereocenters. The van der Waals surface area contributed by atoms with Crippen molar-refractivity contribution in [3.63, 3.8) is 0 Å². The third-order valence-corrected chi connectivity index (χ3v) is 3.09. The first-order valence-corrected chi connectivity index (χ1v) is 7.04. The van der Waals surface area contributed by atoms with E-state index in [-0.39, 0.29) is 0 Å². The second-order valence-corrected chi connectivity index (χ2v) is 4.85. The summed E-state index contributed by atoms with van der Waals surface area (Å²) in [4.78, 5) is 4.17. The number of hydrogen-bond donors (Lipinski definition) is 2. The summed E-state index contributed by atoms with van der Waals surface area (Å²) in [7, 11) is 1.75. The molecule has 0 saturated heterocycles. The van der Waals surface area contributed by atoms with Gasteiger partial charge in [-0.25, -0.2) is 0 Å². The van der Waals surface area contributed by atoms with Gasteiger partial charge < -0.3 is 15.2 Å². The van der Waals surface area contributed by atoms with Gasteiger partial charge >= 0.3 is 0 Å². The van der Waals surface area contributed by atoms with Gasteiger partial charge in [0.25, 0.3) is 0 Å². The molecule has 0 radical (unpaired) electrons. The van der Waals surface area contributed by atoms with Crippen LogP contribution in [0.25, 0.3) is 0 Å². The SMILES string of the molecule is CN=C(NCCCn1nc(C)cc1C)NCc1ccon1. The van der Waals surface area contributed by atoms with Crippen LogP contribution in [0.4, 0.5) is 0 Å². The van der Waals surface area contributed by atoms with Crippen LogP contribution in [-0.4, -0.2) is 34.5 Å². The van der Waals surface area contributed by atoms with Crippen molar-refractivity contribution in [2.45, 2.75) is 33.4 Å². The van der Waals surface area contributed by atoms with Crippen LogP contribution in [0.2, 0.25) is 0 Å². The van der Waals surface area contributed by atoms with E-state index in [1.54, 1.807) is 13.3 Å². The monoisotopic (exact) mass is 290 g/mol. The maximum absolute atomic E-state index is 4.78. The fraction of sp³-hybridized carbons (Fsp3) is 0.500. The zero-order chi connectivity index (χ0) is 15.1. The summed E-state index contributed by atoms with van der Waals surface area (Å²) in [5.41, 5.74) is 3.10. The highest BCUT2D eigenvalue weighted by Crippen LogP contribution is 2.02. The smallest absolute Gasteiger partial charge is 0.191 e. The molecule has 21 heavy (non-hydrogen) atoms. The Morgan fingerprint density at radius 3 is 2.86 bits per heavy atom. The number of rotatable bonds is 6. The highest BCUT2D eigenvalue weighted by atomic mass is 16.5. The van der Waals surface area contributed by atoms with Crippen molar-refractivity contribution in [2.75, 3.05) is 13.6 Å². The third kappa shape index (κ3) is 4.62. The Hall–Kier alpha value is -2.31. The van der Waals surface area contributed by atoms with Crippen LogP contribution in [0.1, 0.15) is 23.5 Å². The molecule has 7 nitrogen and oxygen atoms in total. The fourth-order valence-electron chi connectivity index (χ4n) is 2.06. The molecular formula is C14H22N6O. The molecule has 0 spiro atoms.